The minimum Gasteiger partial charge on any atom is -0.467 e. The normalized spacial score (nSPS) is 12.7. The maximum atomic E-state index is 11.0. The van der Waals surface area contributed by atoms with Crippen LogP contribution >= 0.6 is 0 Å². The molecule has 1 N–H and O–H groups in total. The van der Waals surface area contributed by atoms with Crippen LogP contribution < -0.4 is 0 Å². The van der Waals surface area contributed by atoms with E-state index >= 15 is 0 Å². The standard InChI is InChI=1S/C19H36O3/c1-3-4-5-6-7-8-9-10-11-12-13-14-15-16-17-18(20)19(21)22-2/h10-11,18,20H,3-9,12-17H2,1-2H3/b11-10+/t18-/m0/s1. The number of hydrogen-bond acceptors (Lipinski definition) is 3. The van der Waals surface area contributed by atoms with Crippen LogP contribution in [-0.4, -0.2) is 24.3 Å². The minimum atomic E-state index is -0.942. The van der Waals surface area contributed by atoms with E-state index < -0.39 is 12.1 Å². The van der Waals surface area contributed by atoms with E-state index in [4.69, 9.17) is 0 Å². The van der Waals surface area contributed by atoms with Gasteiger partial charge in [-0.05, 0) is 32.1 Å². The van der Waals surface area contributed by atoms with Crippen LogP contribution in [0.15, 0.2) is 12.2 Å². The van der Waals surface area contributed by atoms with Crippen molar-refractivity contribution in [2.24, 2.45) is 0 Å². The lowest BCUT2D eigenvalue weighted by Crippen LogP contribution is -2.21. The lowest BCUT2D eigenvalue weighted by molar-refractivity contribution is -0.150. The fourth-order valence-electron chi connectivity index (χ4n) is 2.49. The number of allylic oxidation sites excluding steroid dienone is 2. The van der Waals surface area contributed by atoms with Crippen LogP contribution in [0.2, 0.25) is 0 Å². The third-order valence-electron chi connectivity index (χ3n) is 3.96. The van der Waals surface area contributed by atoms with Crippen LogP contribution in [0.4, 0.5) is 0 Å². The first-order valence-corrected chi connectivity index (χ1v) is 9.13. The van der Waals surface area contributed by atoms with Crippen LogP contribution in [0.25, 0.3) is 0 Å². The van der Waals surface area contributed by atoms with E-state index in [2.05, 4.69) is 23.8 Å². The Labute approximate surface area is 137 Å². The van der Waals surface area contributed by atoms with Gasteiger partial charge in [-0.15, -0.1) is 0 Å². The fourth-order valence-corrected chi connectivity index (χ4v) is 2.49. The predicted molar refractivity (Wildman–Crippen MR) is 92.9 cm³/mol. The maximum absolute atomic E-state index is 11.0. The average molecular weight is 312 g/mol. The summed E-state index contributed by atoms with van der Waals surface area (Å²) in [6.45, 7) is 2.25. The Hall–Kier alpha value is -0.830. The van der Waals surface area contributed by atoms with Gasteiger partial charge < -0.3 is 9.84 Å². The lowest BCUT2D eigenvalue weighted by Gasteiger charge is -2.07. The number of carbonyl (C=O) groups is 1. The summed E-state index contributed by atoms with van der Waals surface area (Å²) in [6, 6.07) is 0. The third-order valence-corrected chi connectivity index (χ3v) is 3.96. The summed E-state index contributed by atoms with van der Waals surface area (Å²) in [7, 11) is 1.31. The van der Waals surface area contributed by atoms with Crippen LogP contribution in [0.1, 0.15) is 90.4 Å². The molecular weight excluding hydrogens is 276 g/mol. The van der Waals surface area contributed by atoms with Crippen molar-refractivity contribution in [3.8, 4) is 0 Å². The van der Waals surface area contributed by atoms with Gasteiger partial charge in [-0.1, -0.05) is 70.4 Å². The number of methoxy groups -OCH3 is 1. The van der Waals surface area contributed by atoms with Crippen LogP contribution in [0.5, 0.6) is 0 Å². The van der Waals surface area contributed by atoms with Crippen molar-refractivity contribution in [3.05, 3.63) is 12.2 Å². The molecule has 0 aromatic rings. The Morgan fingerprint density at radius 1 is 0.909 bits per heavy atom. The van der Waals surface area contributed by atoms with Gasteiger partial charge in [0, 0.05) is 0 Å². The number of rotatable bonds is 15. The number of esters is 1. The van der Waals surface area contributed by atoms with E-state index in [0.29, 0.717) is 6.42 Å². The SMILES string of the molecule is CCCCCCCC/C=C/CCCCCC[C@H](O)C(=O)OC. The molecule has 130 valence electrons. The molecule has 3 nitrogen and oxygen atoms in total. The van der Waals surface area contributed by atoms with Crippen LogP contribution in [0, 0.1) is 0 Å². The van der Waals surface area contributed by atoms with E-state index in [-0.39, 0.29) is 0 Å². The molecule has 0 aromatic heterocycles. The summed E-state index contributed by atoms with van der Waals surface area (Å²) in [5.41, 5.74) is 0. The smallest absolute Gasteiger partial charge is 0.334 e. The number of hydrogen-bond donors (Lipinski definition) is 1. The molecule has 0 aliphatic rings. The van der Waals surface area contributed by atoms with Crippen LogP contribution in [0.3, 0.4) is 0 Å². The molecule has 0 rings (SSSR count). The second kappa shape index (κ2) is 16.5. The van der Waals surface area contributed by atoms with Gasteiger partial charge in [0.05, 0.1) is 7.11 Å². The van der Waals surface area contributed by atoms with Gasteiger partial charge in [0.2, 0.25) is 0 Å². The van der Waals surface area contributed by atoms with E-state index in [0.717, 1.165) is 25.7 Å². The largest absolute Gasteiger partial charge is 0.467 e. The molecule has 0 saturated carbocycles. The quantitative estimate of drug-likeness (QED) is 0.258. The Morgan fingerprint density at radius 2 is 1.41 bits per heavy atom. The highest BCUT2D eigenvalue weighted by molar-refractivity contribution is 5.74. The van der Waals surface area contributed by atoms with Gasteiger partial charge in [0.25, 0.3) is 0 Å². The molecule has 0 heterocycles. The summed E-state index contributed by atoms with van der Waals surface area (Å²) in [5, 5.41) is 9.42. The molecule has 0 aliphatic heterocycles. The lowest BCUT2D eigenvalue weighted by atomic mass is 10.1. The molecule has 0 bridgehead atoms. The van der Waals surface area contributed by atoms with Gasteiger partial charge in [0.1, 0.15) is 0 Å². The Balaban J connectivity index is 3.22. The summed E-state index contributed by atoms with van der Waals surface area (Å²) in [6.07, 6.45) is 19.1. The highest BCUT2D eigenvalue weighted by atomic mass is 16.5. The molecule has 0 fully saturated rings. The van der Waals surface area contributed by atoms with Crippen molar-refractivity contribution >= 4 is 5.97 Å². The van der Waals surface area contributed by atoms with Crippen molar-refractivity contribution in [2.75, 3.05) is 7.11 Å². The molecule has 0 amide bonds. The van der Waals surface area contributed by atoms with Gasteiger partial charge in [-0.3, -0.25) is 0 Å². The molecule has 0 saturated heterocycles. The molecule has 0 aromatic carbocycles. The highest BCUT2D eigenvalue weighted by Gasteiger charge is 2.13. The van der Waals surface area contributed by atoms with Crippen LogP contribution in [-0.2, 0) is 9.53 Å². The van der Waals surface area contributed by atoms with E-state index in [1.165, 1.54) is 58.5 Å². The van der Waals surface area contributed by atoms with Gasteiger partial charge in [-0.25, -0.2) is 4.79 Å². The molecule has 22 heavy (non-hydrogen) atoms. The number of unbranched alkanes of at least 4 members (excludes halogenated alkanes) is 10. The van der Waals surface area contributed by atoms with E-state index in [9.17, 15) is 9.90 Å². The first kappa shape index (κ1) is 21.2. The van der Waals surface area contributed by atoms with E-state index in [1.807, 2.05) is 0 Å². The first-order chi connectivity index (χ1) is 10.7. The summed E-state index contributed by atoms with van der Waals surface area (Å²) in [5.74, 6) is -0.516. The second-order valence-corrected chi connectivity index (χ2v) is 6.06. The zero-order chi connectivity index (χ0) is 16.5. The second-order valence-electron chi connectivity index (χ2n) is 6.06. The Kier molecular flexibility index (Phi) is 15.9. The molecule has 0 radical (unpaired) electrons. The minimum absolute atomic E-state index is 0.514. The van der Waals surface area contributed by atoms with Crippen molar-refractivity contribution in [1.29, 1.82) is 0 Å². The molecule has 0 unspecified atom stereocenters. The van der Waals surface area contributed by atoms with E-state index in [1.54, 1.807) is 0 Å². The zero-order valence-electron chi connectivity index (χ0n) is 14.7. The summed E-state index contributed by atoms with van der Waals surface area (Å²) < 4.78 is 4.48. The molecule has 0 spiro atoms. The van der Waals surface area contributed by atoms with Gasteiger partial charge >= 0.3 is 5.97 Å². The molecule has 1 atom stereocenters. The van der Waals surface area contributed by atoms with Gasteiger partial charge in [-0.2, -0.15) is 0 Å². The number of carbonyl (C=O) groups excluding carboxylic acids is 1. The molecular formula is C19H36O3. The zero-order valence-corrected chi connectivity index (χ0v) is 14.7. The Bertz CT molecular complexity index is 274. The first-order valence-electron chi connectivity index (χ1n) is 9.13. The summed E-state index contributed by atoms with van der Waals surface area (Å²) in [4.78, 5) is 11.0. The van der Waals surface area contributed by atoms with Crippen molar-refractivity contribution in [1.82, 2.24) is 0 Å². The highest BCUT2D eigenvalue weighted by Crippen LogP contribution is 2.10. The van der Waals surface area contributed by atoms with Crippen molar-refractivity contribution < 1.29 is 14.6 Å². The predicted octanol–water partition coefficient (Wildman–Crippen LogP) is 5.17. The summed E-state index contributed by atoms with van der Waals surface area (Å²) >= 11 is 0. The monoisotopic (exact) mass is 312 g/mol. The topological polar surface area (TPSA) is 46.5 Å². The number of aliphatic hydroxyl groups is 1. The van der Waals surface area contributed by atoms with Gasteiger partial charge in [0.15, 0.2) is 6.10 Å². The third kappa shape index (κ3) is 14.1. The Morgan fingerprint density at radius 3 is 1.95 bits per heavy atom. The number of aliphatic hydroxyl groups excluding tert-OH is 1. The molecule has 0 aliphatic carbocycles. The van der Waals surface area contributed by atoms with Crippen molar-refractivity contribution in [2.45, 2.75) is 96.5 Å². The fraction of sp³-hybridized carbons (Fsp3) is 0.842. The molecule has 3 heteroatoms. The van der Waals surface area contributed by atoms with Crippen molar-refractivity contribution in [3.63, 3.8) is 0 Å². The average Bonchev–Trinajstić information content (AvgIpc) is 2.54. The number of ether oxygens (including phenoxy) is 1. The maximum Gasteiger partial charge on any atom is 0.334 e.